The summed E-state index contributed by atoms with van der Waals surface area (Å²) in [5, 5.41) is 11.2. The van der Waals surface area contributed by atoms with Gasteiger partial charge in [0.1, 0.15) is 6.10 Å². The van der Waals surface area contributed by atoms with E-state index in [1.807, 2.05) is 6.07 Å². The van der Waals surface area contributed by atoms with E-state index in [-0.39, 0.29) is 0 Å². The molecule has 0 spiro atoms. The molecule has 0 saturated heterocycles. The van der Waals surface area contributed by atoms with Crippen molar-refractivity contribution < 1.29 is 9.84 Å². The highest BCUT2D eigenvalue weighted by molar-refractivity contribution is 9.10. The summed E-state index contributed by atoms with van der Waals surface area (Å²) in [5.41, 5.74) is 1.41. The first-order valence-corrected chi connectivity index (χ1v) is 7.57. The normalized spacial score (nSPS) is 12.6. The van der Waals surface area contributed by atoms with E-state index in [0.29, 0.717) is 21.5 Å². The van der Waals surface area contributed by atoms with Crippen molar-refractivity contribution in [2.45, 2.75) is 6.10 Å². The number of rotatable bonds is 4. The van der Waals surface area contributed by atoms with Crippen LogP contribution in [0, 0.1) is 0 Å². The van der Waals surface area contributed by atoms with Crippen LogP contribution in [0.1, 0.15) is 17.2 Å². The summed E-state index contributed by atoms with van der Waals surface area (Å²) in [7, 11) is 1.51. The van der Waals surface area contributed by atoms with Gasteiger partial charge in [-0.15, -0.1) is 0 Å². The fourth-order valence-corrected chi connectivity index (χ4v) is 2.40. The average Bonchev–Trinajstić information content (AvgIpc) is 2.48. The van der Waals surface area contributed by atoms with Crippen molar-refractivity contribution in [3.63, 3.8) is 0 Å². The van der Waals surface area contributed by atoms with E-state index in [1.54, 1.807) is 36.5 Å². The predicted molar refractivity (Wildman–Crippen MR) is 88.9 cm³/mol. The maximum atomic E-state index is 10.3. The minimum Gasteiger partial charge on any atom is -0.481 e. The highest BCUT2D eigenvalue weighted by Gasteiger charge is 2.12. The molecule has 1 heterocycles. The minimum atomic E-state index is -0.848. The average molecular weight is 389 g/mol. The number of methoxy groups -OCH3 is 1. The Kier molecular flexibility index (Phi) is 5.65. The molecule has 0 saturated carbocycles. The van der Waals surface area contributed by atoms with Crippen LogP contribution in [0.15, 0.2) is 41.0 Å². The first kappa shape index (κ1) is 16.3. The second-order valence-electron chi connectivity index (χ2n) is 4.23. The largest absolute Gasteiger partial charge is 0.481 e. The van der Waals surface area contributed by atoms with Crippen molar-refractivity contribution in [2.24, 2.45) is 0 Å². The van der Waals surface area contributed by atoms with Crippen LogP contribution >= 0.6 is 39.1 Å². The Hall–Kier alpha value is -1.07. The van der Waals surface area contributed by atoms with Gasteiger partial charge in [0.25, 0.3) is 0 Å². The van der Waals surface area contributed by atoms with Crippen LogP contribution < -0.4 is 4.74 Å². The third kappa shape index (κ3) is 4.20. The SMILES string of the molecule is COc1ncc(Br)cc1C(O)/C=C/c1ccc(Cl)c(Cl)c1. The Balaban J connectivity index is 2.24. The van der Waals surface area contributed by atoms with E-state index in [4.69, 9.17) is 27.9 Å². The van der Waals surface area contributed by atoms with Gasteiger partial charge in [0.2, 0.25) is 5.88 Å². The maximum Gasteiger partial charge on any atom is 0.219 e. The molecule has 0 bridgehead atoms. The molecule has 0 radical (unpaired) electrons. The van der Waals surface area contributed by atoms with E-state index in [0.717, 1.165) is 10.0 Å². The van der Waals surface area contributed by atoms with Crippen LogP contribution in [0.5, 0.6) is 5.88 Å². The molecule has 21 heavy (non-hydrogen) atoms. The summed E-state index contributed by atoms with van der Waals surface area (Å²) in [6.07, 6.45) is 4.15. The lowest BCUT2D eigenvalue weighted by Crippen LogP contribution is -2.00. The highest BCUT2D eigenvalue weighted by atomic mass is 79.9. The smallest absolute Gasteiger partial charge is 0.219 e. The fraction of sp³-hybridized carbons (Fsp3) is 0.133. The van der Waals surface area contributed by atoms with Gasteiger partial charge in [-0.25, -0.2) is 4.98 Å². The molecule has 0 fully saturated rings. The van der Waals surface area contributed by atoms with E-state index in [2.05, 4.69) is 20.9 Å². The molecule has 0 amide bonds. The fourth-order valence-electron chi connectivity index (χ4n) is 1.75. The summed E-state index contributed by atoms with van der Waals surface area (Å²) in [6, 6.07) is 7.00. The Bertz CT molecular complexity index is 677. The Morgan fingerprint density at radius 3 is 2.71 bits per heavy atom. The van der Waals surface area contributed by atoms with Gasteiger partial charge in [-0.2, -0.15) is 0 Å². The molecule has 1 atom stereocenters. The lowest BCUT2D eigenvalue weighted by molar-refractivity contribution is 0.222. The van der Waals surface area contributed by atoms with E-state index in [9.17, 15) is 5.11 Å². The summed E-state index contributed by atoms with van der Waals surface area (Å²) in [5.74, 6) is 0.379. The van der Waals surface area contributed by atoms with Gasteiger partial charge in [0.15, 0.2) is 0 Å². The van der Waals surface area contributed by atoms with Crippen LogP contribution in [0.2, 0.25) is 10.0 Å². The number of aliphatic hydroxyl groups is 1. The molecule has 1 aromatic carbocycles. The Morgan fingerprint density at radius 2 is 2.05 bits per heavy atom. The number of aliphatic hydroxyl groups excluding tert-OH is 1. The molecule has 0 aliphatic rings. The zero-order chi connectivity index (χ0) is 15.4. The second kappa shape index (κ2) is 7.27. The van der Waals surface area contributed by atoms with Crippen molar-refractivity contribution in [1.29, 1.82) is 0 Å². The van der Waals surface area contributed by atoms with Crippen molar-refractivity contribution in [1.82, 2.24) is 4.98 Å². The molecule has 2 rings (SSSR count). The highest BCUT2D eigenvalue weighted by Crippen LogP contribution is 2.28. The minimum absolute atomic E-state index is 0.379. The number of ether oxygens (including phenoxy) is 1. The summed E-state index contributed by atoms with van der Waals surface area (Å²) in [6.45, 7) is 0. The number of pyridine rings is 1. The molecule has 2 aromatic rings. The van der Waals surface area contributed by atoms with Crippen LogP contribution in [-0.4, -0.2) is 17.2 Å². The lowest BCUT2D eigenvalue weighted by Gasteiger charge is -2.11. The third-order valence-electron chi connectivity index (χ3n) is 2.77. The van der Waals surface area contributed by atoms with Gasteiger partial charge in [-0.05, 0) is 39.7 Å². The lowest BCUT2D eigenvalue weighted by atomic mass is 10.1. The van der Waals surface area contributed by atoms with Crippen molar-refractivity contribution >= 4 is 45.2 Å². The Morgan fingerprint density at radius 1 is 1.29 bits per heavy atom. The van der Waals surface area contributed by atoms with E-state index in [1.165, 1.54) is 7.11 Å². The molecule has 110 valence electrons. The van der Waals surface area contributed by atoms with Crippen molar-refractivity contribution in [3.05, 3.63) is 62.2 Å². The van der Waals surface area contributed by atoms with Gasteiger partial charge in [0.05, 0.1) is 17.2 Å². The van der Waals surface area contributed by atoms with Gasteiger partial charge < -0.3 is 9.84 Å². The van der Waals surface area contributed by atoms with Gasteiger partial charge in [-0.3, -0.25) is 0 Å². The second-order valence-corrected chi connectivity index (χ2v) is 5.96. The van der Waals surface area contributed by atoms with Crippen LogP contribution in [0.25, 0.3) is 6.08 Å². The zero-order valence-electron chi connectivity index (χ0n) is 11.1. The summed E-state index contributed by atoms with van der Waals surface area (Å²) < 4.78 is 5.91. The summed E-state index contributed by atoms with van der Waals surface area (Å²) in [4.78, 5) is 4.10. The number of hydrogen-bond acceptors (Lipinski definition) is 3. The molecular weight excluding hydrogens is 377 g/mol. The predicted octanol–water partition coefficient (Wildman–Crippen LogP) is 4.91. The van der Waals surface area contributed by atoms with Gasteiger partial charge in [-0.1, -0.05) is 41.4 Å². The van der Waals surface area contributed by atoms with Crippen molar-refractivity contribution in [3.8, 4) is 5.88 Å². The number of hydrogen-bond donors (Lipinski definition) is 1. The third-order valence-corrected chi connectivity index (χ3v) is 3.94. The number of nitrogens with zero attached hydrogens (tertiary/aromatic N) is 1. The molecular formula is C15H12BrCl2NO2. The molecule has 1 N–H and O–H groups in total. The summed E-state index contributed by atoms with van der Waals surface area (Å²) >= 11 is 15.1. The maximum absolute atomic E-state index is 10.3. The molecule has 0 aliphatic carbocycles. The molecule has 1 aromatic heterocycles. The first-order valence-electron chi connectivity index (χ1n) is 6.02. The number of aromatic nitrogens is 1. The number of halogens is 3. The number of benzene rings is 1. The van der Waals surface area contributed by atoms with Gasteiger partial charge in [0, 0.05) is 16.2 Å². The van der Waals surface area contributed by atoms with Gasteiger partial charge >= 0.3 is 0 Å². The first-order chi connectivity index (χ1) is 10.0. The van der Waals surface area contributed by atoms with E-state index < -0.39 is 6.10 Å². The van der Waals surface area contributed by atoms with Crippen LogP contribution in [0.3, 0.4) is 0 Å². The van der Waals surface area contributed by atoms with E-state index >= 15 is 0 Å². The zero-order valence-corrected chi connectivity index (χ0v) is 14.2. The monoisotopic (exact) mass is 387 g/mol. The molecule has 3 nitrogen and oxygen atoms in total. The standard InChI is InChI=1S/C15H12BrCl2NO2/c1-21-15-11(7-10(16)8-19-15)14(20)5-3-9-2-4-12(17)13(18)6-9/h2-8,14,20H,1H3/b5-3+. The van der Waals surface area contributed by atoms with Crippen molar-refractivity contribution in [2.75, 3.05) is 7.11 Å². The quantitative estimate of drug-likeness (QED) is 0.809. The molecule has 1 unspecified atom stereocenters. The van der Waals surface area contributed by atoms with Crippen LogP contribution in [-0.2, 0) is 0 Å². The van der Waals surface area contributed by atoms with Crippen LogP contribution in [0.4, 0.5) is 0 Å². The molecule has 6 heteroatoms. The Labute approximate surface area is 141 Å². The topological polar surface area (TPSA) is 42.4 Å². The molecule has 0 aliphatic heterocycles.